The molecule has 2 N–H and O–H groups in total. The molecule has 0 aliphatic carbocycles. The summed E-state index contributed by atoms with van der Waals surface area (Å²) in [5, 5.41) is 7.84. The van der Waals surface area contributed by atoms with Crippen molar-refractivity contribution in [2.24, 2.45) is 0 Å². The van der Waals surface area contributed by atoms with Crippen LogP contribution in [0.4, 0.5) is 24.9 Å². The number of alkyl halides is 3. The predicted octanol–water partition coefficient (Wildman–Crippen LogP) is 2.30. The van der Waals surface area contributed by atoms with Gasteiger partial charge >= 0.3 is 6.18 Å². The molecule has 11 heteroatoms. The number of nitrogens with zero attached hydrogens (tertiary/aromatic N) is 7. The lowest BCUT2D eigenvalue weighted by molar-refractivity contribution is -0.141. The maximum atomic E-state index is 12.8. The lowest BCUT2D eigenvalue weighted by Gasteiger charge is -2.33. The number of rotatable bonds is 3. The van der Waals surface area contributed by atoms with E-state index in [4.69, 9.17) is 5.73 Å². The molecule has 1 unspecified atom stereocenters. The summed E-state index contributed by atoms with van der Waals surface area (Å²) in [7, 11) is 0. The normalized spacial score (nSPS) is 18.0. The summed E-state index contributed by atoms with van der Waals surface area (Å²) < 4.78 is 41.4. The molecule has 0 bridgehead atoms. The van der Waals surface area contributed by atoms with Crippen LogP contribution in [0.25, 0.3) is 5.82 Å². The Bertz CT molecular complexity index is 918. The molecule has 3 aromatic heterocycles. The van der Waals surface area contributed by atoms with Crippen LogP contribution in [0, 0.1) is 0 Å². The first-order valence-electron chi connectivity index (χ1n) is 8.42. The van der Waals surface area contributed by atoms with Gasteiger partial charge in [-0.15, -0.1) is 0 Å². The number of halogens is 3. The average molecular weight is 378 g/mol. The van der Waals surface area contributed by atoms with Crippen LogP contribution < -0.4 is 10.6 Å². The van der Waals surface area contributed by atoms with Gasteiger partial charge in [0.15, 0.2) is 11.5 Å². The van der Waals surface area contributed by atoms with Gasteiger partial charge in [-0.3, -0.25) is 4.68 Å². The maximum Gasteiger partial charge on any atom is 0.435 e. The molecule has 1 atom stereocenters. The molecule has 0 saturated carbocycles. The second kappa shape index (κ2) is 6.56. The van der Waals surface area contributed by atoms with Crippen molar-refractivity contribution in [1.82, 2.24) is 29.5 Å². The molecule has 0 amide bonds. The van der Waals surface area contributed by atoms with Gasteiger partial charge in [0.05, 0.1) is 6.04 Å². The van der Waals surface area contributed by atoms with E-state index in [1.54, 1.807) is 29.2 Å². The van der Waals surface area contributed by atoms with Crippen molar-refractivity contribution in [3.8, 4) is 5.82 Å². The van der Waals surface area contributed by atoms with Gasteiger partial charge in [0.25, 0.3) is 0 Å². The van der Waals surface area contributed by atoms with Crippen LogP contribution in [0.2, 0.25) is 0 Å². The Morgan fingerprint density at radius 2 is 1.96 bits per heavy atom. The molecule has 8 nitrogen and oxygen atoms in total. The number of nitrogen functional groups attached to an aromatic ring is 1. The summed E-state index contributed by atoms with van der Waals surface area (Å²) in [5.74, 6) is 1.25. The van der Waals surface area contributed by atoms with Gasteiger partial charge < -0.3 is 10.6 Å². The zero-order chi connectivity index (χ0) is 19.0. The van der Waals surface area contributed by atoms with Gasteiger partial charge in [0, 0.05) is 37.7 Å². The molecule has 4 rings (SSSR count). The second-order valence-electron chi connectivity index (χ2n) is 6.31. The Balaban J connectivity index is 1.57. The summed E-state index contributed by atoms with van der Waals surface area (Å²) >= 11 is 0. The van der Waals surface area contributed by atoms with Crippen LogP contribution in [-0.4, -0.2) is 42.6 Å². The summed E-state index contributed by atoms with van der Waals surface area (Å²) in [6, 6.07) is 4.34. The fourth-order valence-electron chi connectivity index (χ4n) is 3.19. The molecule has 1 fully saturated rings. The van der Waals surface area contributed by atoms with E-state index in [2.05, 4.69) is 20.2 Å². The highest BCUT2D eigenvalue weighted by atomic mass is 19.4. The van der Waals surface area contributed by atoms with Crippen LogP contribution in [-0.2, 0) is 6.18 Å². The van der Waals surface area contributed by atoms with E-state index in [1.165, 1.54) is 10.9 Å². The fraction of sp³-hybridized carbons (Fsp3) is 0.375. The highest BCUT2D eigenvalue weighted by molar-refractivity contribution is 5.48. The highest BCUT2D eigenvalue weighted by Crippen LogP contribution is 2.30. The molecule has 1 aliphatic heterocycles. The van der Waals surface area contributed by atoms with Crippen molar-refractivity contribution >= 4 is 11.8 Å². The number of hydrogen-bond acceptors (Lipinski definition) is 6. The average Bonchev–Trinajstić information content (AvgIpc) is 3.33. The third-order valence-corrected chi connectivity index (χ3v) is 4.45. The minimum absolute atomic E-state index is 0.110. The highest BCUT2D eigenvalue weighted by Gasteiger charge is 2.34. The van der Waals surface area contributed by atoms with Crippen molar-refractivity contribution < 1.29 is 13.2 Å². The Morgan fingerprint density at radius 1 is 1.15 bits per heavy atom. The lowest BCUT2D eigenvalue weighted by atomic mass is 10.1. The van der Waals surface area contributed by atoms with Crippen molar-refractivity contribution in [2.75, 3.05) is 23.7 Å². The molecule has 1 saturated heterocycles. The largest absolute Gasteiger partial charge is 0.435 e. The van der Waals surface area contributed by atoms with Gasteiger partial charge in [-0.05, 0) is 25.0 Å². The third kappa shape index (κ3) is 3.57. The summed E-state index contributed by atoms with van der Waals surface area (Å²) in [6.07, 6.45) is 1.84. The van der Waals surface area contributed by atoms with Crippen LogP contribution in [0.15, 0.2) is 36.8 Å². The van der Waals surface area contributed by atoms with Gasteiger partial charge in [-0.25, -0.2) is 4.68 Å². The van der Waals surface area contributed by atoms with E-state index in [0.29, 0.717) is 18.2 Å². The molecular formula is C16H17F3N8. The number of aromatic nitrogens is 6. The van der Waals surface area contributed by atoms with Crippen molar-refractivity contribution in [2.45, 2.75) is 25.1 Å². The van der Waals surface area contributed by atoms with Gasteiger partial charge in [-0.1, -0.05) is 0 Å². The van der Waals surface area contributed by atoms with E-state index in [1.807, 2.05) is 4.90 Å². The molecule has 142 valence electrons. The Hall–Kier alpha value is -3.11. The van der Waals surface area contributed by atoms with E-state index in [-0.39, 0.29) is 12.0 Å². The van der Waals surface area contributed by atoms with Crippen molar-refractivity contribution in [3.63, 3.8) is 0 Å². The molecule has 3 aromatic rings. The van der Waals surface area contributed by atoms with Gasteiger partial charge in [-0.2, -0.15) is 33.3 Å². The number of nitrogens with two attached hydrogens (primary N) is 1. The minimum Gasteiger partial charge on any atom is -0.368 e. The van der Waals surface area contributed by atoms with E-state index in [9.17, 15) is 13.2 Å². The van der Waals surface area contributed by atoms with Crippen LogP contribution in [0.1, 0.15) is 24.6 Å². The number of piperidine rings is 1. The summed E-state index contributed by atoms with van der Waals surface area (Å²) in [5.41, 5.74) is 4.95. The molecule has 1 aliphatic rings. The molecule has 27 heavy (non-hydrogen) atoms. The summed E-state index contributed by atoms with van der Waals surface area (Å²) in [4.78, 5) is 10.4. The van der Waals surface area contributed by atoms with E-state index < -0.39 is 11.9 Å². The molecule has 4 heterocycles. The Kier molecular flexibility index (Phi) is 4.21. The molecular weight excluding hydrogens is 361 g/mol. The monoisotopic (exact) mass is 378 g/mol. The van der Waals surface area contributed by atoms with Gasteiger partial charge in [0.1, 0.15) is 5.82 Å². The zero-order valence-electron chi connectivity index (χ0n) is 14.2. The first-order valence-corrected chi connectivity index (χ1v) is 8.42. The van der Waals surface area contributed by atoms with Crippen LogP contribution in [0.5, 0.6) is 0 Å². The quantitative estimate of drug-likeness (QED) is 0.752. The molecule has 0 spiro atoms. The SMILES string of the molecule is Nc1nc(N2CCCC(n3ccc(C(F)(F)F)n3)C2)cc(-n2cccn2)n1. The standard InChI is InChI=1S/C16H17F3N8/c17-16(18,19)12-4-8-26(24-12)11-3-1-6-25(10-11)13-9-14(23-15(20)22-13)27-7-2-5-21-27/h2,4-5,7-9,11H,1,3,6,10H2,(H2,20,22,23). The molecule has 0 radical (unpaired) electrons. The Morgan fingerprint density at radius 3 is 2.67 bits per heavy atom. The van der Waals surface area contributed by atoms with Crippen LogP contribution in [0.3, 0.4) is 0 Å². The number of hydrogen-bond donors (Lipinski definition) is 1. The lowest BCUT2D eigenvalue weighted by Crippen LogP contribution is -2.37. The topological polar surface area (TPSA) is 90.7 Å². The third-order valence-electron chi connectivity index (χ3n) is 4.45. The van der Waals surface area contributed by atoms with Crippen molar-refractivity contribution in [1.29, 1.82) is 0 Å². The smallest absolute Gasteiger partial charge is 0.368 e. The van der Waals surface area contributed by atoms with Gasteiger partial charge in [0.2, 0.25) is 5.95 Å². The second-order valence-corrected chi connectivity index (χ2v) is 6.31. The number of anilines is 2. The first-order chi connectivity index (χ1) is 12.9. The summed E-state index contributed by atoms with van der Waals surface area (Å²) in [6.45, 7) is 1.20. The molecule has 0 aromatic carbocycles. The predicted molar refractivity (Wildman–Crippen MR) is 91.3 cm³/mol. The minimum atomic E-state index is -4.45. The zero-order valence-corrected chi connectivity index (χ0v) is 14.2. The maximum absolute atomic E-state index is 12.8. The van der Waals surface area contributed by atoms with Crippen LogP contribution >= 0.6 is 0 Å². The van der Waals surface area contributed by atoms with E-state index in [0.717, 1.165) is 25.5 Å². The first kappa shape index (κ1) is 17.3. The van der Waals surface area contributed by atoms with Crippen molar-refractivity contribution in [3.05, 3.63) is 42.5 Å². The Labute approximate surface area is 152 Å². The van der Waals surface area contributed by atoms with E-state index >= 15 is 0 Å². The fourth-order valence-corrected chi connectivity index (χ4v) is 3.19.